The summed E-state index contributed by atoms with van der Waals surface area (Å²) in [4.78, 5) is 6.81. The smallest absolute Gasteiger partial charge is 0.226 e. The predicted octanol–water partition coefficient (Wildman–Crippen LogP) is 5.00. The molecule has 5 nitrogen and oxygen atoms in total. The summed E-state index contributed by atoms with van der Waals surface area (Å²) < 4.78 is 29.8. The number of nitrogens with zero attached hydrogens (tertiary/aromatic N) is 2. The van der Waals surface area contributed by atoms with Gasteiger partial charge in [-0.2, -0.15) is 0 Å². The molecule has 1 heterocycles. The summed E-state index contributed by atoms with van der Waals surface area (Å²) in [5.74, 6) is 1.78. The Balaban J connectivity index is 1.79. The summed E-state index contributed by atoms with van der Waals surface area (Å²) in [5.41, 5.74) is 2.68. The van der Waals surface area contributed by atoms with Gasteiger partial charge in [-0.15, -0.1) is 0 Å². The lowest BCUT2D eigenvalue weighted by Crippen LogP contribution is -2.22. The quantitative estimate of drug-likeness (QED) is 0.574. The van der Waals surface area contributed by atoms with Crippen molar-refractivity contribution in [3.8, 4) is 23.0 Å². The first-order valence-corrected chi connectivity index (χ1v) is 9.07. The highest BCUT2D eigenvalue weighted by molar-refractivity contribution is 5.56. The molecule has 0 N–H and O–H groups in total. The summed E-state index contributed by atoms with van der Waals surface area (Å²) in [7, 11) is 5.14. The number of methoxy groups -OCH3 is 2. The van der Waals surface area contributed by atoms with Crippen molar-refractivity contribution in [2.45, 2.75) is 26.4 Å². The topological polar surface area (TPSA) is 47.7 Å². The lowest BCUT2D eigenvalue weighted by Gasteiger charge is -2.24. The van der Waals surface area contributed by atoms with Crippen LogP contribution >= 0.6 is 0 Å². The fourth-order valence-corrected chi connectivity index (χ4v) is 3.02. The molecule has 28 heavy (non-hydrogen) atoms. The molecule has 0 unspecified atom stereocenters. The molecule has 0 aliphatic heterocycles. The maximum atomic E-state index is 13.7. The van der Waals surface area contributed by atoms with E-state index in [1.54, 1.807) is 19.2 Å². The number of halogens is 1. The van der Waals surface area contributed by atoms with Crippen molar-refractivity contribution < 1.29 is 18.3 Å². The summed E-state index contributed by atoms with van der Waals surface area (Å²) in [6.07, 6.45) is 0. The van der Waals surface area contributed by atoms with E-state index in [0.29, 0.717) is 18.0 Å². The third-order valence-corrected chi connectivity index (χ3v) is 4.93. The first-order chi connectivity index (χ1) is 13.4. The van der Waals surface area contributed by atoms with Crippen LogP contribution in [0.5, 0.6) is 11.5 Å². The Morgan fingerprint density at radius 2 is 1.93 bits per heavy atom. The maximum Gasteiger partial charge on any atom is 0.226 e. The van der Waals surface area contributed by atoms with E-state index in [9.17, 15) is 4.39 Å². The molecule has 0 saturated heterocycles. The molecule has 0 bridgehead atoms. The average molecular weight is 384 g/mol. The molecule has 2 aromatic carbocycles. The minimum Gasteiger partial charge on any atom is -0.497 e. The lowest BCUT2D eigenvalue weighted by molar-refractivity contribution is 0.248. The van der Waals surface area contributed by atoms with Crippen molar-refractivity contribution in [2.24, 2.45) is 0 Å². The molecule has 148 valence electrons. The van der Waals surface area contributed by atoms with Gasteiger partial charge < -0.3 is 13.9 Å². The molecule has 0 fully saturated rings. The largest absolute Gasteiger partial charge is 0.497 e. The van der Waals surface area contributed by atoms with Crippen LogP contribution in [0.1, 0.15) is 30.0 Å². The van der Waals surface area contributed by atoms with Gasteiger partial charge in [-0.05, 0) is 56.8 Å². The third kappa shape index (κ3) is 4.17. The molecule has 0 spiro atoms. The predicted molar refractivity (Wildman–Crippen MR) is 106 cm³/mol. The fourth-order valence-electron chi connectivity index (χ4n) is 3.02. The molecule has 1 atom stereocenters. The van der Waals surface area contributed by atoms with Crippen molar-refractivity contribution in [3.05, 3.63) is 65.3 Å². The minimum atomic E-state index is -0.415. The van der Waals surface area contributed by atoms with E-state index < -0.39 is 5.82 Å². The minimum absolute atomic E-state index is 0.165. The van der Waals surface area contributed by atoms with Gasteiger partial charge in [0.05, 0.1) is 19.9 Å². The number of hydrogen-bond acceptors (Lipinski definition) is 5. The van der Waals surface area contributed by atoms with Gasteiger partial charge in [0.1, 0.15) is 11.5 Å². The second kappa shape index (κ2) is 8.44. The van der Waals surface area contributed by atoms with Crippen LogP contribution in [0.25, 0.3) is 11.5 Å². The monoisotopic (exact) mass is 384 g/mol. The molecule has 0 saturated carbocycles. The van der Waals surface area contributed by atoms with Gasteiger partial charge in [-0.3, -0.25) is 4.90 Å². The van der Waals surface area contributed by atoms with Crippen LogP contribution < -0.4 is 9.47 Å². The second-order valence-electron chi connectivity index (χ2n) is 6.74. The van der Waals surface area contributed by atoms with Gasteiger partial charge >= 0.3 is 0 Å². The van der Waals surface area contributed by atoms with Crippen molar-refractivity contribution in [3.63, 3.8) is 0 Å². The van der Waals surface area contributed by atoms with E-state index in [1.165, 1.54) is 13.2 Å². The number of hydrogen-bond donors (Lipinski definition) is 0. The lowest BCUT2D eigenvalue weighted by atomic mass is 10.1. The highest BCUT2D eigenvalue weighted by atomic mass is 19.1. The summed E-state index contributed by atoms with van der Waals surface area (Å²) in [6, 6.07) is 12.8. The normalized spacial score (nSPS) is 12.2. The molecule has 1 aromatic heterocycles. The van der Waals surface area contributed by atoms with Crippen LogP contribution in [0.3, 0.4) is 0 Å². The summed E-state index contributed by atoms with van der Waals surface area (Å²) >= 11 is 0. The highest BCUT2D eigenvalue weighted by Gasteiger charge is 2.18. The molecule has 3 aromatic rings. The number of aryl methyl sites for hydroxylation is 1. The standard InChI is InChI=1S/C22H25FN2O3/c1-14(16-7-6-8-18(11-16)26-4)25(3)13-20-15(2)28-22(24-20)17-9-10-19(23)21(12-17)27-5/h6-12,14H,13H2,1-5H3/t14-/m0/s1. The van der Waals surface area contributed by atoms with Gasteiger partial charge in [-0.1, -0.05) is 12.1 Å². The SMILES string of the molecule is COc1cccc([C@H](C)N(C)Cc2nc(-c3ccc(F)c(OC)c3)oc2C)c1. The van der Waals surface area contributed by atoms with E-state index in [0.717, 1.165) is 22.8 Å². The number of rotatable bonds is 7. The second-order valence-corrected chi connectivity index (χ2v) is 6.74. The summed E-state index contributed by atoms with van der Waals surface area (Å²) in [6.45, 7) is 4.64. The van der Waals surface area contributed by atoms with Crippen molar-refractivity contribution in [1.82, 2.24) is 9.88 Å². The highest BCUT2D eigenvalue weighted by Crippen LogP contribution is 2.29. The molecule has 6 heteroatoms. The number of aromatic nitrogens is 1. The Morgan fingerprint density at radius 1 is 1.14 bits per heavy atom. The van der Waals surface area contributed by atoms with Crippen molar-refractivity contribution in [2.75, 3.05) is 21.3 Å². The molecule has 3 rings (SSSR count). The van der Waals surface area contributed by atoms with Gasteiger partial charge in [0, 0.05) is 18.2 Å². The van der Waals surface area contributed by atoms with Crippen LogP contribution in [0, 0.1) is 12.7 Å². The molecule has 0 amide bonds. The zero-order valence-electron chi connectivity index (χ0n) is 16.8. The maximum absolute atomic E-state index is 13.7. The third-order valence-electron chi connectivity index (χ3n) is 4.93. The van der Waals surface area contributed by atoms with Crippen molar-refractivity contribution >= 4 is 0 Å². The Labute approximate surface area is 164 Å². The molecular formula is C22H25FN2O3. The summed E-state index contributed by atoms with van der Waals surface area (Å²) in [5, 5.41) is 0. The van der Waals surface area contributed by atoms with Gasteiger partial charge in [0.25, 0.3) is 0 Å². The Morgan fingerprint density at radius 3 is 2.64 bits per heavy atom. The molecule has 0 aliphatic rings. The molecule has 0 aliphatic carbocycles. The molecule has 0 radical (unpaired) electrons. The van der Waals surface area contributed by atoms with Crippen LogP contribution in [-0.2, 0) is 6.54 Å². The zero-order chi connectivity index (χ0) is 20.3. The first kappa shape index (κ1) is 19.9. The van der Waals surface area contributed by atoms with Crippen LogP contribution in [-0.4, -0.2) is 31.2 Å². The molecular weight excluding hydrogens is 359 g/mol. The van der Waals surface area contributed by atoms with E-state index in [1.807, 2.05) is 32.2 Å². The Hall–Kier alpha value is -2.86. The number of oxazole rings is 1. The van der Waals surface area contributed by atoms with Crippen molar-refractivity contribution in [1.29, 1.82) is 0 Å². The number of ether oxygens (including phenoxy) is 2. The number of benzene rings is 2. The van der Waals surface area contributed by atoms with E-state index in [4.69, 9.17) is 13.9 Å². The van der Waals surface area contributed by atoms with E-state index in [-0.39, 0.29) is 11.8 Å². The van der Waals surface area contributed by atoms with Gasteiger partial charge in [0.2, 0.25) is 5.89 Å². The van der Waals surface area contributed by atoms with E-state index >= 15 is 0 Å². The Bertz CT molecular complexity index is 955. The Kier molecular flexibility index (Phi) is 5.99. The fraction of sp³-hybridized carbons (Fsp3) is 0.318. The van der Waals surface area contributed by atoms with Gasteiger partial charge in [0.15, 0.2) is 11.6 Å². The zero-order valence-corrected chi connectivity index (χ0v) is 16.8. The van der Waals surface area contributed by atoms with Gasteiger partial charge in [-0.25, -0.2) is 9.37 Å². The van der Waals surface area contributed by atoms with E-state index in [2.05, 4.69) is 22.9 Å². The first-order valence-electron chi connectivity index (χ1n) is 9.07. The van der Waals surface area contributed by atoms with Crippen LogP contribution in [0.2, 0.25) is 0 Å². The van der Waals surface area contributed by atoms with Crippen LogP contribution in [0.15, 0.2) is 46.9 Å². The van der Waals surface area contributed by atoms with Crippen LogP contribution in [0.4, 0.5) is 4.39 Å². The average Bonchev–Trinajstić information content (AvgIpc) is 3.08.